The van der Waals surface area contributed by atoms with E-state index in [0.717, 1.165) is 12.0 Å². The SMILES string of the molecule is C=C(CC)CNC(=O)NC(C)(C)C(=O)O. The Balaban J connectivity index is 4.04. The lowest BCUT2D eigenvalue weighted by molar-refractivity contribution is -0.142. The molecule has 0 radical (unpaired) electrons. The van der Waals surface area contributed by atoms with Crippen LogP contribution in [0.2, 0.25) is 0 Å². The third-order valence-corrected chi connectivity index (χ3v) is 1.96. The highest BCUT2D eigenvalue weighted by Crippen LogP contribution is 2.01. The Morgan fingerprint density at radius 3 is 2.33 bits per heavy atom. The molecule has 5 heteroatoms. The number of hydrogen-bond acceptors (Lipinski definition) is 2. The van der Waals surface area contributed by atoms with Gasteiger partial charge in [0.05, 0.1) is 0 Å². The smallest absolute Gasteiger partial charge is 0.328 e. The van der Waals surface area contributed by atoms with Crippen LogP contribution in [0.5, 0.6) is 0 Å². The van der Waals surface area contributed by atoms with Crippen LogP contribution in [0.15, 0.2) is 12.2 Å². The highest BCUT2D eigenvalue weighted by Gasteiger charge is 2.28. The maximum atomic E-state index is 11.3. The second-order valence-corrected chi connectivity index (χ2v) is 3.84. The minimum absolute atomic E-state index is 0.359. The first-order valence-corrected chi connectivity index (χ1v) is 4.75. The highest BCUT2D eigenvalue weighted by atomic mass is 16.4. The molecule has 0 aliphatic carbocycles. The van der Waals surface area contributed by atoms with Crippen molar-refractivity contribution >= 4 is 12.0 Å². The number of hydrogen-bond donors (Lipinski definition) is 3. The maximum Gasteiger partial charge on any atom is 0.328 e. The lowest BCUT2D eigenvalue weighted by Gasteiger charge is -2.21. The van der Waals surface area contributed by atoms with Gasteiger partial charge in [-0.1, -0.05) is 19.1 Å². The third kappa shape index (κ3) is 5.05. The fourth-order valence-corrected chi connectivity index (χ4v) is 0.712. The molecule has 0 saturated carbocycles. The topological polar surface area (TPSA) is 78.4 Å². The fourth-order valence-electron chi connectivity index (χ4n) is 0.712. The minimum Gasteiger partial charge on any atom is -0.480 e. The van der Waals surface area contributed by atoms with Crippen LogP contribution >= 0.6 is 0 Å². The van der Waals surface area contributed by atoms with Gasteiger partial charge in [0.15, 0.2) is 0 Å². The van der Waals surface area contributed by atoms with Gasteiger partial charge in [0.1, 0.15) is 5.54 Å². The number of nitrogens with one attached hydrogen (secondary N) is 2. The van der Waals surface area contributed by atoms with Gasteiger partial charge in [-0.2, -0.15) is 0 Å². The predicted molar refractivity (Wildman–Crippen MR) is 57.7 cm³/mol. The fraction of sp³-hybridized carbons (Fsp3) is 0.600. The second kappa shape index (κ2) is 5.38. The molecule has 86 valence electrons. The van der Waals surface area contributed by atoms with Crippen LogP contribution in [0.3, 0.4) is 0 Å². The second-order valence-electron chi connectivity index (χ2n) is 3.84. The zero-order valence-corrected chi connectivity index (χ0v) is 9.39. The zero-order chi connectivity index (χ0) is 12.1. The van der Waals surface area contributed by atoms with Gasteiger partial charge in [-0.05, 0) is 20.3 Å². The van der Waals surface area contributed by atoms with E-state index < -0.39 is 17.5 Å². The summed E-state index contributed by atoms with van der Waals surface area (Å²) in [7, 11) is 0. The van der Waals surface area contributed by atoms with Crippen molar-refractivity contribution in [2.75, 3.05) is 6.54 Å². The Morgan fingerprint density at radius 2 is 1.93 bits per heavy atom. The normalized spacial score (nSPS) is 10.6. The predicted octanol–water partition coefficient (Wildman–Crippen LogP) is 1.11. The summed E-state index contributed by atoms with van der Waals surface area (Å²) in [5.74, 6) is -1.08. The standard InChI is InChI=1S/C10H18N2O3/c1-5-7(2)6-11-9(15)12-10(3,4)8(13)14/h2,5-6H2,1,3-4H3,(H,13,14)(H2,11,12,15). The largest absolute Gasteiger partial charge is 0.480 e. The van der Waals surface area contributed by atoms with E-state index in [-0.39, 0.29) is 0 Å². The van der Waals surface area contributed by atoms with Gasteiger partial charge in [-0.3, -0.25) is 0 Å². The molecule has 0 atom stereocenters. The van der Waals surface area contributed by atoms with Crippen LogP contribution < -0.4 is 10.6 Å². The van der Waals surface area contributed by atoms with Gasteiger partial charge in [0.2, 0.25) is 0 Å². The molecule has 3 N–H and O–H groups in total. The average molecular weight is 214 g/mol. The quantitative estimate of drug-likeness (QED) is 0.600. The number of aliphatic carboxylic acids is 1. The molecule has 0 aliphatic heterocycles. The van der Waals surface area contributed by atoms with Crippen molar-refractivity contribution in [2.45, 2.75) is 32.7 Å². The van der Waals surface area contributed by atoms with Crippen molar-refractivity contribution in [3.8, 4) is 0 Å². The summed E-state index contributed by atoms with van der Waals surface area (Å²) in [6.45, 7) is 8.85. The Hall–Kier alpha value is -1.52. The molecule has 0 fully saturated rings. The van der Waals surface area contributed by atoms with E-state index in [2.05, 4.69) is 17.2 Å². The minimum atomic E-state index is -1.27. The summed E-state index contributed by atoms with van der Waals surface area (Å²) < 4.78 is 0. The summed E-state index contributed by atoms with van der Waals surface area (Å²) in [5, 5.41) is 13.6. The number of amides is 2. The first-order chi connectivity index (χ1) is 6.79. The summed E-state index contributed by atoms with van der Waals surface area (Å²) in [4.78, 5) is 21.9. The van der Waals surface area contributed by atoms with E-state index in [1.807, 2.05) is 6.92 Å². The van der Waals surface area contributed by atoms with E-state index in [9.17, 15) is 9.59 Å². The van der Waals surface area contributed by atoms with Gasteiger partial charge >= 0.3 is 12.0 Å². The average Bonchev–Trinajstić information content (AvgIpc) is 2.13. The molecular weight excluding hydrogens is 196 g/mol. The van der Waals surface area contributed by atoms with Crippen LogP contribution in [0, 0.1) is 0 Å². The van der Waals surface area contributed by atoms with Crippen molar-refractivity contribution < 1.29 is 14.7 Å². The van der Waals surface area contributed by atoms with Gasteiger partial charge in [-0.25, -0.2) is 9.59 Å². The molecule has 0 aliphatic rings. The van der Waals surface area contributed by atoms with Crippen LogP contribution in [-0.4, -0.2) is 29.2 Å². The van der Waals surface area contributed by atoms with Crippen molar-refractivity contribution in [2.24, 2.45) is 0 Å². The number of urea groups is 1. The molecule has 0 aromatic heterocycles. The van der Waals surface area contributed by atoms with Crippen LogP contribution in [-0.2, 0) is 4.79 Å². The van der Waals surface area contributed by atoms with Gasteiger partial charge in [0, 0.05) is 6.54 Å². The van der Waals surface area contributed by atoms with Gasteiger partial charge < -0.3 is 15.7 Å². The van der Waals surface area contributed by atoms with Crippen LogP contribution in [0.1, 0.15) is 27.2 Å². The summed E-state index contributed by atoms with van der Waals surface area (Å²) in [6, 6.07) is -0.503. The zero-order valence-electron chi connectivity index (χ0n) is 9.39. The molecule has 15 heavy (non-hydrogen) atoms. The Labute approximate surface area is 89.6 Å². The van der Waals surface area contributed by atoms with E-state index in [4.69, 9.17) is 5.11 Å². The van der Waals surface area contributed by atoms with Crippen molar-refractivity contribution in [1.29, 1.82) is 0 Å². The number of carbonyl (C=O) groups is 2. The van der Waals surface area contributed by atoms with Gasteiger partial charge in [-0.15, -0.1) is 0 Å². The number of carbonyl (C=O) groups excluding carboxylic acids is 1. The van der Waals surface area contributed by atoms with Crippen LogP contribution in [0.25, 0.3) is 0 Å². The molecule has 0 aromatic rings. The molecule has 0 heterocycles. The molecule has 0 aromatic carbocycles. The molecule has 5 nitrogen and oxygen atoms in total. The maximum absolute atomic E-state index is 11.3. The molecule has 0 rings (SSSR count). The van der Waals surface area contributed by atoms with E-state index in [1.165, 1.54) is 13.8 Å². The molecule has 2 amide bonds. The van der Waals surface area contributed by atoms with Crippen molar-refractivity contribution in [1.82, 2.24) is 10.6 Å². The number of rotatable bonds is 5. The highest BCUT2D eigenvalue weighted by molar-refractivity contribution is 5.85. The number of carboxylic acids is 1. The van der Waals surface area contributed by atoms with Crippen molar-refractivity contribution in [3.05, 3.63) is 12.2 Å². The molecular formula is C10H18N2O3. The Bertz CT molecular complexity index is 272. The number of carboxylic acid groups (broad SMARTS) is 1. The van der Waals surface area contributed by atoms with E-state index in [1.54, 1.807) is 0 Å². The summed E-state index contributed by atoms with van der Waals surface area (Å²) in [5.41, 5.74) is -0.379. The first kappa shape index (κ1) is 13.5. The summed E-state index contributed by atoms with van der Waals surface area (Å²) in [6.07, 6.45) is 0.780. The first-order valence-electron chi connectivity index (χ1n) is 4.75. The summed E-state index contributed by atoms with van der Waals surface area (Å²) >= 11 is 0. The molecule has 0 spiro atoms. The lowest BCUT2D eigenvalue weighted by atomic mass is 10.1. The molecule has 0 unspecified atom stereocenters. The third-order valence-electron chi connectivity index (χ3n) is 1.96. The monoisotopic (exact) mass is 214 g/mol. The van der Waals surface area contributed by atoms with Gasteiger partial charge in [0.25, 0.3) is 0 Å². The van der Waals surface area contributed by atoms with E-state index in [0.29, 0.717) is 6.54 Å². The van der Waals surface area contributed by atoms with Crippen LogP contribution in [0.4, 0.5) is 4.79 Å². The van der Waals surface area contributed by atoms with E-state index >= 15 is 0 Å². The Morgan fingerprint density at radius 1 is 1.40 bits per heavy atom. The molecule has 0 saturated heterocycles. The Kier molecular flexibility index (Phi) is 4.84. The lowest BCUT2D eigenvalue weighted by Crippen LogP contribution is -2.53. The van der Waals surface area contributed by atoms with Crippen molar-refractivity contribution in [3.63, 3.8) is 0 Å². The molecule has 0 bridgehead atoms.